The van der Waals surface area contributed by atoms with E-state index in [2.05, 4.69) is 0 Å². The van der Waals surface area contributed by atoms with E-state index in [-0.39, 0.29) is 5.78 Å². The maximum Gasteiger partial charge on any atom is 0.489 e. The van der Waals surface area contributed by atoms with E-state index in [4.69, 9.17) is 0 Å². The minimum absolute atomic E-state index is 0.0609. The van der Waals surface area contributed by atoms with E-state index in [0.29, 0.717) is 11.9 Å². The highest BCUT2D eigenvalue weighted by molar-refractivity contribution is 6.59. The van der Waals surface area contributed by atoms with E-state index in [1.54, 1.807) is 30.4 Å². The molecule has 1 aliphatic carbocycles. The average molecular weight is 214 g/mol. The third-order valence-corrected chi connectivity index (χ3v) is 2.52. The van der Waals surface area contributed by atoms with Gasteiger partial charge in [0.15, 0.2) is 5.78 Å². The van der Waals surface area contributed by atoms with Gasteiger partial charge in [-0.1, -0.05) is 36.4 Å². The maximum atomic E-state index is 11.0. The number of hydrogen-bond donors (Lipinski definition) is 2. The van der Waals surface area contributed by atoms with Crippen LogP contribution in [0, 0.1) is 0 Å². The molecule has 0 bridgehead atoms. The standard InChI is InChI=1S/C12H11BO3/c14-10-7-5-9(6-8-10)11-3-1-2-4-12(11)13(15)16/h1-7,15-16H,8H2. The number of rotatable bonds is 2. The van der Waals surface area contributed by atoms with Gasteiger partial charge in [-0.2, -0.15) is 0 Å². The molecule has 0 heterocycles. The third kappa shape index (κ3) is 2.13. The first-order valence-electron chi connectivity index (χ1n) is 5.05. The van der Waals surface area contributed by atoms with Crippen LogP contribution in [0.2, 0.25) is 0 Å². The Balaban J connectivity index is 2.41. The Morgan fingerprint density at radius 3 is 2.50 bits per heavy atom. The van der Waals surface area contributed by atoms with Gasteiger partial charge >= 0.3 is 7.12 Å². The number of benzene rings is 1. The lowest BCUT2D eigenvalue weighted by Crippen LogP contribution is -2.32. The predicted molar refractivity (Wildman–Crippen MR) is 63.0 cm³/mol. The summed E-state index contributed by atoms with van der Waals surface area (Å²) in [4.78, 5) is 11.0. The second-order valence-corrected chi connectivity index (χ2v) is 3.62. The summed E-state index contributed by atoms with van der Waals surface area (Å²) in [5.74, 6) is 0.0609. The highest BCUT2D eigenvalue weighted by atomic mass is 16.4. The first-order chi connectivity index (χ1) is 7.68. The van der Waals surface area contributed by atoms with E-state index >= 15 is 0 Å². The summed E-state index contributed by atoms with van der Waals surface area (Å²) < 4.78 is 0. The summed E-state index contributed by atoms with van der Waals surface area (Å²) in [6.45, 7) is 0. The fourth-order valence-electron chi connectivity index (χ4n) is 1.71. The molecule has 0 aliphatic heterocycles. The number of allylic oxidation sites excluding steroid dienone is 4. The first-order valence-corrected chi connectivity index (χ1v) is 5.05. The Morgan fingerprint density at radius 2 is 1.88 bits per heavy atom. The molecular weight excluding hydrogens is 203 g/mol. The zero-order chi connectivity index (χ0) is 11.5. The van der Waals surface area contributed by atoms with E-state index in [1.807, 2.05) is 6.07 Å². The molecule has 0 spiro atoms. The van der Waals surface area contributed by atoms with Gasteiger partial charge in [-0.25, -0.2) is 0 Å². The van der Waals surface area contributed by atoms with Crippen LogP contribution in [-0.4, -0.2) is 22.9 Å². The molecule has 0 aromatic heterocycles. The molecule has 16 heavy (non-hydrogen) atoms. The fraction of sp³-hybridized carbons (Fsp3) is 0.0833. The largest absolute Gasteiger partial charge is 0.489 e. The van der Waals surface area contributed by atoms with Crippen LogP contribution in [0.4, 0.5) is 0 Å². The highest BCUT2D eigenvalue weighted by Gasteiger charge is 2.17. The van der Waals surface area contributed by atoms with Gasteiger partial charge in [-0.15, -0.1) is 0 Å². The quantitative estimate of drug-likeness (QED) is 0.695. The Kier molecular flexibility index (Phi) is 3.03. The molecule has 0 atom stereocenters. The Bertz CT molecular complexity index is 475. The van der Waals surface area contributed by atoms with E-state index in [1.165, 1.54) is 6.08 Å². The van der Waals surface area contributed by atoms with Crippen LogP contribution in [0.15, 0.2) is 42.5 Å². The van der Waals surface area contributed by atoms with Crippen molar-refractivity contribution in [3.8, 4) is 0 Å². The second kappa shape index (κ2) is 4.47. The van der Waals surface area contributed by atoms with Crippen LogP contribution >= 0.6 is 0 Å². The monoisotopic (exact) mass is 214 g/mol. The molecule has 1 aliphatic rings. The molecule has 2 rings (SSSR count). The smallest absolute Gasteiger partial charge is 0.423 e. The summed E-state index contributed by atoms with van der Waals surface area (Å²) in [6.07, 6.45) is 5.37. The molecule has 0 amide bonds. The third-order valence-electron chi connectivity index (χ3n) is 2.52. The Hall–Kier alpha value is -1.65. The second-order valence-electron chi connectivity index (χ2n) is 3.62. The maximum absolute atomic E-state index is 11.0. The SMILES string of the molecule is O=C1C=CC(c2ccccc2B(O)O)=CC1. The van der Waals surface area contributed by atoms with Crippen molar-refractivity contribution in [1.29, 1.82) is 0 Å². The van der Waals surface area contributed by atoms with Gasteiger partial charge in [0.2, 0.25) is 0 Å². The molecule has 0 unspecified atom stereocenters. The van der Waals surface area contributed by atoms with Crippen LogP contribution < -0.4 is 5.46 Å². The van der Waals surface area contributed by atoms with Crippen LogP contribution in [-0.2, 0) is 4.79 Å². The summed E-state index contributed by atoms with van der Waals surface area (Å²) in [6, 6.07) is 7.04. The van der Waals surface area contributed by atoms with Gasteiger partial charge in [0.05, 0.1) is 0 Å². The topological polar surface area (TPSA) is 57.5 Å². The van der Waals surface area contributed by atoms with Gasteiger partial charge in [-0.05, 0) is 22.7 Å². The lowest BCUT2D eigenvalue weighted by atomic mass is 9.75. The number of carbonyl (C=O) groups is 1. The Labute approximate surface area is 93.9 Å². The van der Waals surface area contributed by atoms with Crippen molar-refractivity contribution in [2.45, 2.75) is 6.42 Å². The van der Waals surface area contributed by atoms with Gasteiger partial charge < -0.3 is 10.0 Å². The van der Waals surface area contributed by atoms with E-state index in [9.17, 15) is 14.8 Å². The average Bonchev–Trinajstić information content (AvgIpc) is 2.30. The lowest BCUT2D eigenvalue weighted by Gasteiger charge is -2.11. The van der Waals surface area contributed by atoms with E-state index < -0.39 is 7.12 Å². The van der Waals surface area contributed by atoms with E-state index in [0.717, 1.165) is 11.1 Å². The summed E-state index contributed by atoms with van der Waals surface area (Å²) in [7, 11) is -1.50. The molecule has 0 radical (unpaired) electrons. The van der Waals surface area contributed by atoms with Crippen molar-refractivity contribution in [2.75, 3.05) is 0 Å². The molecular formula is C12H11BO3. The number of carbonyl (C=O) groups excluding carboxylic acids is 1. The molecule has 0 saturated carbocycles. The predicted octanol–water partition coefficient (Wildman–Crippen LogP) is 0.279. The van der Waals surface area contributed by atoms with Crippen molar-refractivity contribution in [3.63, 3.8) is 0 Å². The van der Waals surface area contributed by atoms with Crippen LogP contribution in [0.5, 0.6) is 0 Å². The molecule has 4 heteroatoms. The van der Waals surface area contributed by atoms with Crippen molar-refractivity contribution >= 4 is 23.9 Å². The number of ketones is 1. The normalized spacial score (nSPS) is 14.9. The lowest BCUT2D eigenvalue weighted by molar-refractivity contribution is -0.113. The summed E-state index contributed by atoms with van der Waals surface area (Å²) in [5, 5.41) is 18.4. The highest BCUT2D eigenvalue weighted by Crippen LogP contribution is 2.18. The van der Waals surface area contributed by atoms with Crippen LogP contribution in [0.25, 0.3) is 5.57 Å². The summed E-state index contributed by atoms with van der Waals surface area (Å²) in [5.41, 5.74) is 2.05. The van der Waals surface area contributed by atoms with Gasteiger partial charge in [0.1, 0.15) is 0 Å². The summed E-state index contributed by atoms with van der Waals surface area (Å²) >= 11 is 0. The molecule has 2 N–H and O–H groups in total. The van der Waals surface area contributed by atoms with Crippen molar-refractivity contribution in [1.82, 2.24) is 0 Å². The first kappa shape index (κ1) is 10.9. The molecule has 1 aromatic rings. The fourth-order valence-corrected chi connectivity index (χ4v) is 1.71. The van der Waals surface area contributed by atoms with Gasteiger partial charge in [-0.3, -0.25) is 4.79 Å². The minimum atomic E-state index is -1.50. The van der Waals surface area contributed by atoms with Crippen molar-refractivity contribution < 1.29 is 14.8 Å². The molecule has 80 valence electrons. The zero-order valence-electron chi connectivity index (χ0n) is 8.63. The molecule has 1 aromatic carbocycles. The Morgan fingerprint density at radius 1 is 1.12 bits per heavy atom. The van der Waals surface area contributed by atoms with Gasteiger partial charge in [0, 0.05) is 6.42 Å². The molecule has 0 saturated heterocycles. The van der Waals surface area contributed by atoms with Crippen molar-refractivity contribution in [3.05, 3.63) is 48.1 Å². The van der Waals surface area contributed by atoms with Crippen LogP contribution in [0.1, 0.15) is 12.0 Å². The number of hydrogen-bond acceptors (Lipinski definition) is 3. The molecule has 0 fully saturated rings. The van der Waals surface area contributed by atoms with Crippen molar-refractivity contribution in [2.24, 2.45) is 0 Å². The zero-order valence-corrected chi connectivity index (χ0v) is 8.63. The minimum Gasteiger partial charge on any atom is -0.423 e. The molecule has 3 nitrogen and oxygen atoms in total. The van der Waals surface area contributed by atoms with Crippen LogP contribution in [0.3, 0.4) is 0 Å². The van der Waals surface area contributed by atoms with Gasteiger partial charge in [0.25, 0.3) is 0 Å².